The standard InChI is InChI=1S/C17H22N8/c1-3-13-11(2)20-17-18-10-19-25(17)16(13)23-6-7-24-14(8-12-4-5-12)21-22-15(24)9-23/h10,12H,3-9H2,1-2H3. The molecule has 0 bridgehead atoms. The van der Waals surface area contributed by atoms with Crippen molar-refractivity contribution in [3.05, 3.63) is 29.2 Å². The zero-order valence-electron chi connectivity index (χ0n) is 14.7. The molecule has 0 unspecified atom stereocenters. The lowest BCUT2D eigenvalue weighted by molar-refractivity contribution is 0.529. The van der Waals surface area contributed by atoms with Crippen LogP contribution in [0.4, 0.5) is 5.82 Å². The van der Waals surface area contributed by atoms with Gasteiger partial charge in [0.05, 0.1) is 6.54 Å². The van der Waals surface area contributed by atoms with E-state index in [4.69, 9.17) is 0 Å². The predicted octanol–water partition coefficient (Wildman–Crippen LogP) is 1.56. The number of aromatic nitrogens is 7. The van der Waals surface area contributed by atoms with E-state index in [2.05, 4.69) is 48.6 Å². The van der Waals surface area contributed by atoms with Gasteiger partial charge in [0.15, 0.2) is 5.82 Å². The zero-order valence-corrected chi connectivity index (χ0v) is 14.7. The van der Waals surface area contributed by atoms with E-state index in [9.17, 15) is 0 Å². The molecule has 5 rings (SSSR count). The lowest BCUT2D eigenvalue weighted by atomic mass is 10.1. The fraction of sp³-hybridized carbons (Fsp3) is 0.588. The maximum Gasteiger partial charge on any atom is 0.254 e. The molecule has 130 valence electrons. The van der Waals surface area contributed by atoms with Crippen molar-refractivity contribution in [2.75, 3.05) is 11.4 Å². The van der Waals surface area contributed by atoms with Crippen LogP contribution in [0.2, 0.25) is 0 Å². The van der Waals surface area contributed by atoms with Gasteiger partial charge in [-0.3, -0.25) is 0 Å². The summed E-state index contributed by atoms with van der Waals surface area (Å²) in [5.74, 6) is 4.79. The molecular weight excluding hydrogens is 316 g/mol. The first-order chi connectivity index (χ1) is 12.2. The summed E-state index contributed by atoms with van der Waals surface area (Å²) in [6.07, 6.45) is 6.25. The van der Waals surface area contributed by atoms with Crippen LogP contribution in [0.1, 0.15) is 42.7 Å². The molecule has 4 heterocycles. The molecule has 1 fully saturated rings. The van der Waals surface area contributed by atoms with Crippen LogP contribution in [-0.4, -0.2) is 40.9 Å². The van der Waals surface area contributed by atoms with Gasteiger partial charge in [0, 0.05) is 30.8 Å². The van der Waals surface area contributed by atoms with Crippen LogP contribution in [-0.2, 0) is 25.9 Å². The Morgan fingerprint density at radius 3 is 2.88 bits per heavy atom. The second kappa shape index (κ2) is 5.50. The Bertz CT molecular complexity index is 936. The van der Waals surface area contributed by atoms with Crippen LogP contribution in [0.3, 0.4) is 0 Å². The molecule has 25 heavy (non-hydrogen) atoms. The summed E-state index contributed by atoms with van der Waals surface area (Å²) >= 11 is 0. The summed E-state index contributed by atoms with van der Waals surface area (Å²) in [5.41, 5.74) is 2.25. The highest BCUT2D eigenvalue weighted by Gasteiger charge is 2.29. The monoisotopic (exact) mass is 338 g/mol. The molecule has 0 aromatic carbocycles. The van der Waals surface area contributed by atoms with Crippen molar-refractivity contribution in [3.8, 4) is 0 Å². The van der Waals surface area contributed by atoms with Crippen molar-refractivity contribution in [1.82, 2.24) is 34.3 Å². The number of anilines is 1. The van der Waals surface area contributed by atoms with Crippen LogP contribution in [0.25, 0.3) is 5.78 Å². The summed E-state index contributed by atoms with van der Waals surface area (Å²) < 4.78 is 4.18. The van der Waals surface area contributed by atoms with Crippen LogP contribution in [0.15, 0.2) is 6.33 Å². The number of aryl methyl sites for hydroxylation is 1. The van der Waals surface area contributed by atoms with Gasteiger partial charge in [-0.15, -0.1) is 10.2 Å². The minimum atomic E-state index is 0.658. The first-order valence-corrected chi connectivity index (χ1v) is 9.09. The third kappa shape index (κ3) is 2.39. The van der Waals surface area contributed by atoms with Gasteiger partial charge in [-0.1, -0.05) is 6.92 Å². The van der Waals surface area contributed by atoms with E-state index in [1.54, 1.807) is 6.33 Å². The van der Waals surface area contributed by atoms with Crippen LogP contribution in [0, 0.1) is 12.8 Å². The number of nitrogens with zero attached hydrogens (tertiary/aromatic N) is 8. The molecule has 1 saturated carbocycles. The highest BCUT2D eigenvalue weighted by molar-refractivity contribution is 5.55. The van der Waals surface area contributed by atoms with Gasteiger partial charge in [0.1, 0.15) is 18.0 Å². The van der Waals surface area contributed by atoms with E-state index in [0.717, 1.165) is 61.6 Å². The average molecular weight is 338 g/mol. The molecule has 3 aromatic rings. The summed E-state index contributed by atoms with van der Waals surface area (Å²) in [7, 11) is 0. The molecular formula is C17H22N8. The highest BCUT2D eigenvalue weighted by atomic mass is 15.4. The van der Waals surface area contributed by atoms with Crippen LogP contribution >= 0.6 is 0 Å². The Labute approximate surface area is 145 Å². The predicted molar refractivity (Wildman–Crippen MR) is 92.4 cm³/mol. The number of fused-ring (bicyclic) bond motifs is 2. The van der Waals surface area contributed by atoms with Gasteiger partial charge in [-0.05, 0) is 32.1 Å². The molecule has 1 aliphatic heterocycles. The SMILES string of the molecule is CCc1c(C)nc2ncnn2c1N1CCn2c(CC3CC3)nnc2C1. The lowest BCUT2D eigenvalue weighted by Gasteiger charge is -2.31. The Morgan fingerprint density at radius 1 is 1.20 bits per heavy atom. The van der Waals surface area contributed by atoms with Crippen LogP contribution in [0.5, 0.6) is 0 Å². The molecule has 0 saturated heterocycles. The first kappa shape index (κ1) is 14.8. The van der Waals surface area contributed by atoms with E-state index >= 15 is 0 Å². The third-order valence-corrected chi connectivity index (χ3v) is 5.36. The smallest absolute Gasteiger partial charge is 0.254 e. The maximum absolute atomic E-state index is 4.58. The number of hydrogen-bond acceptors (Lipinski definition) is 6. The topological polar surface area (TPSA) is 77.0 Å². The molecule has 8 heteroatoms. The van der Waals surface area contributed by atoms with Gasteiger partial charge in [-0.25, -0.2) is 4.98 Å². The Kier molecular flexibility index (Phi) is 3.26. The minimum absolute atomic E-state index is 0.658. The normalized spacial score (nSPS) is 17.3. The quantitative estimate of drug-likeness (QED) is 0.718. The van der Waals surface area contributed by atoms with E-state index in [-0.39, 0.29) is 0 Å². The fourth-order valence-electron chi connectivity index (χ4n) is 3.84. The molecule has 2 aliphatic rings. The van der Waals surface area contributed by atoms with E-state index in [1.807, 2.05) is 4.52 Å². The fourth-order valence-corrected chi connectivity index (χ4v) is 3.84. The van der Waals surface area contributed by atoms with Gasteiger partial charge in [-0.2, -0.15) is 14.6 Å². The van der Waals surface area contributed by atoms with E-state index in [1.165, 1.54) is 18.4 Å². The van der Waals surface area contributed by atoms with Gasteiger partial charge in [0.2, 0.25) is 0 Å². The molecule has 0 atom stereocenters. The Hall–Kier alpha value is -2.51. The molecule has 1 aliphatic carbocycles. The van der Waals surface area contributed by atoms with E-state index in [0.29, 0.717) is 5.78 Å². The van der Waals surface area contributed by atoms with Crippen molar-refractivity contribution in [2.24, 2.45) is 5.92 Å². The maximum atomic E-state index is 4.58. The zero-order chi connectivity index (χ0) is 17.0. The van der Waals surface area contributed by atoms with Crippen LogP contribution < -0.4 is 4.90 Å². The van der Waals surface area contributed by atoms with Gasteiger partial charge < -0.3 is 9.47 Å². The van der Waals surface area contributed by atoms with Crippen molar-refractivity contribution < 1.29 is 0 Å². The van der Waals surface area contributed by atoms with E-state index < -0.39 is 0 Å². The molecule has 3 aromatic heterocycles. The molecule has 8 nitrogen and oxygen atoms in total. The van der Waals surface area contributed by atoms with Gasteiger partial charge >= 0.3 is 0 Å². The lowest BCUT2D eigenvalue weighted by Crippen LogP contribution is -2.36. The minimum Gasteiger partial charge on any atom is -0.347 e. The van der Waals surface area contributed by atoms with Gasteiger partial charge in [0.25, 0.3) is 5.78 Å². The molecule has 0 radical (unpaired) electrons. The number of rotatable bonds is 4. The largest absolute Gasteiger partial charge is 0.347 e. The molecule has 0 spiro atoms. The van der Waals surface area contributed by atoms with Crippen molar-refractivity contribution >= 4 is 11.6 Å². The Morgan fingerprint density at radius 2 is 2.08 bits per heavy atom. The third-order valence-electron chi connectivity index (χ3n) is 5.36. The second-order valence-electron chi connectivity index (χ2n) is 7.08. The molecule has 0 N–H and O–H groups in total. The average Bonchev–Trinajstić information content (AvgIpc) is 3.16. The summed E-state index contributed by atoms with van der Waals surface area (Å²) in [4.78, 5) is 11.2. The summed E-state index contributed by atoms with van der Waals surface area (Å²) in [6, 6.07) is 0. The molecule has 0 amide bonds. The highest BCUT2D eigenvalue weighted by Crippen LogP contribution is 2.33. The first-order valence-electron chi connectivity index (χ1n) is 9.09. The van der Waals surface area contributed by atoms with Crippen molar-refractivity contribution in [2.45, 2.75) is 52.6 Å². The summed E-state index contributed by atoms with van der Waals surface area (Å²) in [6.45, 7) is 6.82. The summed E-state index contributed by atoms with van der Waals surface area (Å²) in [5, 5.41) is 13.3. The van der Waals surface area contributed by atoms with Crippen molar-refractivity contribution in [3.63, 3.8) is 0 Å². The van der Waals surface area contributed by atoms with Crippen molar-refractivity contribution in [1.29, 1.82) is 0 Å². The number of hydrogen-bond donors (Lipinski definition) is 0. The second-order valence-corrected chi connectivity index (χ2v) is 7.08. The Balaban J connectivity index is 1.53.